The normalized spacial score (nSPS) is 12.3. The number of ether oxygens (including phenoxy) is 1. The van der Waals surface area contributed by atoms with Crippen LogP contribution in [0.15, 0.2) is 29.6 Å². The van der Waals surface area contributed by atoms with Gasteiger partial charge in [0.25, 0.3) is 0 Å². The largest absolute Gasteiger partial charge is 0.486 e. The second-order valence-electron chi connectivity index (χ2n) is 4.77. The summed E-state index contributed by atoms with van der Waals surface area (Å²) in [5.41, 5.74) is 1.000. The molecule has 0 saturated carbocycles. The first-order valence-corrected chi connectivity index (χ1v) is 8.09. The van der Waals surface area contributed by atoms with Crippen molar-refractivity contribution in [2.45, 2.75) is 32.5 Å². The fourth-order valence-corrected chi connectivity index (χ4v) is 2.58. The molecule has 0 fully saturated rings. The number of thiazole rings is 1. The van der Waals surface area contributed by atoms with Gasteiger partial charge in [0.15, 0.2) is 0 Å². The second-order valence-corrected chi connectivity index (χ2v) is 6.15. The van der Waals surface area contributed by atoms with Gasteiger partial charge in [-0.3, -0.25) is 0 Å². The molecule has 0 radical (unpaired) electrons. The minimum Gasteiger partial charge on any atom is -0.486 e. The third kappa shape index (κ3) is 5.63. The molecule has 0 saturated heterocycles. The molecule has 1 atom stereocenters. The molecule has 0 aliphatic carbocycles. The molecule has 0 unspecified atom stereocenters. The van der Waals surface area contributed by atoms with E-state index in [0.29, 0.717) is 18.2 Å². The van der Waals surface area contributed by atoms with E-state index in [4.69, 9.17) is 21.4 Å². The Bertz CT molecular complexity index is 545. The van der Waals surface area contributed by atoms with Crippen LogP contribution in [-0.2, 0) is 13.2 Å². The Morgan fingerprint density at radius 3 is 2.86 bits per heavy atom. The molecule has 6 heteroatoms. The van der Waals surface area contributed by atoms with Gasteiger partial charge in [-0.1, -0.05) is 11.6 Å². The minimum absolute atomic E-state index is 0.200. The van der Waals surface area contributed by atoms with Gasteiger partial charge in [-0.05, 0) is 37.6 Å². The number of hydrogen-bond donors (Lipinski definition) is 2. The lowest BCUT2D eigenvalue weighted by molar-refractivity contribution is 0.268. The quantitative estimate of drug-likeness (QED) is 0.782. The van der Waals surface area contributed by atoms with Gasteiger partial charge in [-0.15, -0.1) is 11.3 Å². The summed E-state index contributed by atoms with van der Waals surface area (Å²) < 4.78 is 5.66. The van der Waals surface area contributed by atoms with Gasteiger partial charge in [0.1, 0.15) is 17.4 Å². The summed E-state index contributed by atoms with van der Waals surface area (Å²) in [5, 5.41) is 15.8. The minimum atomic E-state index is 0.200. The lowest BCUT2D eigenvalue weighted by Gasteiger charge is -2.10. The molecular weight excluding hydrogens is 308 g/mol. The number of aliphatic hydroxyl groups excluding tert-OH is 1. The number of benzene rings is 1. The van der Waals surface area contributed by atoms with Gasteiger partial charge in [0.2, 0.25) is 0 Å². The molecule has 114 valence electrons. The summed E-state index contributed by atoms with van der Waals surface area (Å²) >= 11 is 7.41. The molecule has 2 aromatic rings. The fraction of sp³-hybridized carbons (Fsp3) is 0.400. The highest BCUT2D eigenvalue weighted by molar-refractivity contribution is 7.09. The highest BCUT2D eigenvalue weighted by Crippen LogP contribution is 2.18. The van der Waals surface area contributed by atoms with Crippen LogP contribution in [-0.4, -0.2) is 22.7 Å². The average Bonchev–Trinajstić information content (AvgIpc) is 2.93. The Labute approximate surface area is 133 Å². The third-order valence-corrected chi connectivity index (χ3v) is 4.09. The average molecular weight is 327 g/mol. The van der Waals surface area contributed by atoms with Gasteiger partial charge in [0.05, 0.1) is 5.69 Å². The van der Waals surface area contributed by atoms with Crippen LogP contribution < -0.4 is 10.1 Å². The maximum absolute atomic E-state index is 8.85. The van der Waals surface area contributed by atoms with E-state index in [2.05, 4.69) is 10.3 Å². The van der Waals surface area contributed by atoms with E-state index in [1.165, 1.54) is 0 Å². The zero-order valence-electron chi connectivity index (χ0n) is 11.9. The van der Waals surface area contributed by atoms with E-state index in [-0.39, 0.29) is 12.6 Å². The molecule has 2 rings (SSSR count). The van der Waals surface area contributed by atoms with Gasteiger partial charge in [-0.25, -0.2) is 4.98 Å². The SMILES string of the molecule is C[C@H](CCO)NCc1csc(COc2ccc(Cl)cc2)n1. The number of nitrogens with zero attached hydrogens (tertiary/aromatic N) is 1. The maximum atomic E-state index is 8.85. The van der Waals surface area contributed by atoms with Crippen molar-refractivity contribution < 1.29 is 9.84 Å². The smallest absolute Gasteiger partial charge is 0.140 e. The summed E-state index contributed by atoms with van der Waals surface area (Å²) in [6.07, 6.45) is 0.747. The number of aliphatic hydroxyl groups is 1. The summed E-state index contributed by atoms with van der Waals surface area (Å²) in [5.74, 6) is 0.783. The van der Waals surface area contributed by atoms with E-state index in [9.17, 15) is 0 Å². The van der Waals surface area contributed by atoms with Crippen molar-refractivity contribution in [1.82, 2.24) is 10.3 Å². The number of aromatic nitrogens is 1. The van der Waals surface area contributed by atoms with Gasteiger partial charge < -0.3 is 15.2 Å². The zero-order chi connectivity index (χ0) is 15.1. The first-order chi connectivity index (χ1) is 10.2. The van der Waals surface area contributed by atoms with Crippen LogP contribution in [0.3, 0.4) is 0 Å². The van der Waals surface area contributed by atoms with Crippen LogP contribution in [0, 0.1) is 0 Å². The monoisotopic (exact) mass is 326 g/mol. The number of hydrogen-bond acceptors (Lipinski definition) is 5. The van der Waals surface area contributed by atoms with Crippen LogP contribution >= 0.6 is 22.9 Å². The van der Waals surface area contributed by atoms with Gasteiger partial charge >= 0.3 is 0 Å². The molecule has 21 heavy (non-hydrogen) atoms. The van der Waals surface area contributed by atoms with Crippen molar-refractivity contribution in [2.75, 3.05) is 6.61 Å². The van der Waals surface area contributed by atoms with Crippen molar-refractivity contribution >= 4 is 22.9 Å². The summed E-state index contributed by atoms with van der Waals surface area (Å²) in [6.45, 7) is 3.41. The third-order valence-electron chi connectivity index (χ3n) is 2.97. The van der Waals surface area contributed by atoms with Crippen molar-refractivity contribution in [3.05, 3.63) is 45.4 Å². The lowest BCUT2D eigenvalue weighted by Crippen LogP contribution is -2.26. The molecule has 0 aliphatic heterocycles. The highest BCUT2D eigenvalue weighted by atomic mass is 35.5. The summed E-state index contributed by atoms with van der Waals surface area (Å²) in [7, 11) is 0. The number of rotatable bonds is 8. The summed E-state index contributed by atoms with van der Waals surface area (Å²) in [4.78, 5) is 4.52. The number of nitrogens with one attached hydrogen (secondary N) is 1. The lowest BCUT2D eigenvalue weighted by atomic mass is 10.2. The first kappa shape index (κ1) is 16.2. The Kier molecular flexibility index (Phi) is 6.45. The van der Waals surface area contributed by atoms with Crippen LogP contribution in [0.2, 0.25) is 5.02 Å². The van der Waals surface area contributed by atoms with Crippen molar-refractivity contribution in [3.8, 4) is 5.75 Å². The highest BCUT2D eigenvalue weighted by Gasteiger charge is 2.05. The van der Waals surface area contributed by atoms with E-state index in [1.54, 1.807) is 23.5 Å². The van der Waals surface area contributed by atoms with E-state index in [1.807, 2.05) is 24.4 Å². The molecule has 2 N–H and O–H groups in total. The van der Waals surface area contributed by atoms with Crippen LogP contribution in [0.4, 0.5) is 0 Å². The predicted octanol–water partition coefficient (Wildman–Crippen LogP) is 3.24. The molecule has 0 bridgehead atoms. The summed E-state index contributed by atoms with van der Waals surface area (Å²) in [6, 6.07) is 7.57. The second kappa shape index (κ2) is 8.34. The van der Waals surface area contributed by atoms with E-state index < -0.39 is 0 Å². The Morgan fingerprint density at radius 2 is 2.14 bits per heavy atom. The topological polar surface area (TPSA) is 54.4 Å². The fourth-order valence-electron chi connectivity index (χ4n) is 1.75. The Morgan fingerprint density at radius 1 is 1.38 bits per heavy atom. The van der Waals surface area contributed by atoms with Crippen LogP contribution in [0.25, 0.3) is 0 Å². The van der Waals surface area contributed by atoms with Crippen molar-refractivity contribution in [1.29, 1.82) is 0 Å². The standard InChI is InChI=1S/C15H19ClN2O2S/c1-11(6-7-19)17-8-13-10-21-15(18-13)9-20-14-4-2-12(16)3-5-14/h2-5,10-11,17,19H,6-9H2,1H3/t11-/m1/s1. The first-order valence-electron chi connectivity index (χ1n) is 6.83. The Balaban J connectivity index is 1.78. The molecule has 1 aromatic carbocycles. The van der Waals surface area contributed by atoms with Crippen molar-refractivity contribution in [3.63, 3.8) is 0 Å². The number of halogens is 1. The van der Waals surface area contributed by atoms with Gasteiger partial charge in [-0.2, -0.15) is 0 Å². The molecule has 0 amide bonds. The van der Waals surface area contributed by atoms with Gasteiger partial charge in [0, 0.05) is 29.6 Å². The molecule has 1 heterocycles. The van der Waals surface area contributed by atoms with Crippen LogP contribution in [0.1, 0.15) is 24.0 Å². The van der Waals surface area contributed by atoms with Crippen LogP contribution in [0.5, 0.6) is 5.75 Å². The van der Waals surface area contributed by atoms with Crippen molar-refractivity contribution in [2.24, 2.45) is 0 Å². The zero-order valence-corrected chi connectivity index (χ0v) is 13.5. The molecule has 1 aromatic heterocycles. The van der Waals surface area contributed by atoms with E-state index in [0.717, 1.165) is 22.9 Å². The predicted molar refractivity (Wildman–Crippen MR) is 85.9 cm³/mol. The van der Waals surface area contributed by atoms with E-state index >= 15 is 0 Å². The Hall–Kier alpha value is -1.14. The maximum Gasteiger partial charge on any atom is 0.140 e. The molecule has 0 spiro atoms. The molecular formula is C15H19ClN2O2S. The molecule has 0 aliphatic rings. The molecule has 4 nitrogen and oxygen atoms in total.